The van der Waals surface area contributed by atoms with Crippen LogP contribution in [0.1, 0.15) is 0 Å². The van der Waals surface area contributed by atoms with E-state index >= 15 is 0 Å². The quantitative estimate of drug-likeness (QED) is 0.247. The minimum absolute atomic E-state index is 1.50. The Balaban J connectivity index is 4.05. The van der Waals surface area contributed by atoms with Crippen molar-refractivity contribution in [2.45, 2.75) is 0 Å². The predicted molar refractivity (Wildman–Crippen MR) is 19.6 cm³/mol. The van der Waals surface area contributed by atoms with Gasteiger partial charge in [-0.1, -0.05) is 0 Å². The van der Waals surface area contributed by atoms with Crippen LogP contribution in [0, 0.1) is 10.1 Å². The van der Waals surface area contributed by atoms with Gasteiger partial charge < -0.3 is 5.11 Å². The Morgan fingerprint density at radius 3 is 1.88 bits per heavy atom. The number of rotatable bonds is 0. The third-order valence-electron chi connectivity index (χ3n) is 0.349. The molecule has 0 aliphatic rings. The van der Waals surface area contributed by atoms with Crippen molar-refractivity contribution in [3.8, 4) is 0 Å². The third-order valence-corrected chi connectivity index (χ3v) is 0.349. The van der Waals surface area contributed by atoms with Crippen molar-refractivity contribution < 1.29 is 19.6 Å². The van der Waals surface area contributed by atoms with Gasteiger partial charge in [-0.25, -0.2) is 9.59 Å². The Bertz CT molecular complexity index is 133. The first-order chi connectivity index (χ1) is 3.55. The molecule has 6 heteroatoms. The highest BCUT2D eigenvalue weighted by Crippen LogP contribution is 1.70. The molecule has 44 valence electrons. The molecular weight excluding hydrogens is 118 g/mol. The van der Waals surface area contributed by atoms with Crippen molar-refractivity contribution in [1.82, 2.24) is 0 Å². The molecule has 0 aliphatic heterocycles. The van der Waals surface area contributed by atoms with Crippen LogP contribution in [0.25, 0.3) is 0 Å². The fourth-order valence-corrected chi connectivity index (χ4v) is 0.0781. The summed E-state index contributed by atoms with van der Waals surface area (Å²) in [4.78, 5) is 26.6. The average Bonchev–Trinajstić information content (AvgIpc) is 1.64. The molecule has 0 aromatic heterocycles. The van der Waals surface area contributed by atoms with E-state index in [1.807, 2.05) is 0 Å². The van der Waals surface area contributed by atoms with Gasteiger partial charge in [0.15, 0.2) is 0 Å². The lowest BCUT2D eigenvalue weighted by Gasteiger charge is -1.77. The second-order valence-corrected chi connectivity index (χ2v) is 0.867. The number of carboxylic acid groups (broad SMARTS) is 1. The summed E-state index contributed by atoms with van der Waals surface area (Å²) in [5.74, 6) is -4.06. The molecule has 0 aromatic carbocycles. The standard InChI is InChI=1S/C2HNO5/c4-1(2(5)6)3(7)8/h(H,5,6). The summed E-state index contributed by atoms with van der Waals surface area (Å²) in [5, 5.41) is 16.8. The number of carboxylic acids is 1. The Labute approximate surface area is 42.9 Å². The van der Waals surface area contributed by atoms with Gasteiger partial charge in [-0.15, -0.1) is 0 Å². The predicted octanol–water partition coefficient (Wildman–Crippen LogP) is -1.13. The highest BCUT2D eigenvalue weighted by molar-refractivity contribution is 6.27. The molecule has 0 rings (SSSR count). The number of carbonyl (C=O) groups excluding carboxylic acids is 1. The Kier molecular flexibility index (Phi) is 1.64. The number of aliphatic carboxylic acids is 1. The molecule has 0 radical (unpaired) electrons. The molecule has 0 unspecified atom stereocenters. The summed E-state index contributed by atoms with van der Waals surface area (Å²) in [6.07, 6.45) is 0. The van der Waals surface area contributed by atoms with E-state index in [0.717, 1.165) is 0 Å². The lowest BCUT2D eigenvalue weighted by atomic mass is 10.7. The molecule has 0 saturated heterocycles. The van der Waals surface area contributed by atoms with Crippen LogP contribution in [0.2, 0.25) is 0 Å². The topological polar surface area (TPSA) is 97.5 Å². The SMILES string of the molecule is O=C(O)C(=O)[N+](=O)[O-]. The minimum Gasteiger partial charge on any atom is -0.470 e. The number of hydrogen-bond donors (Lipinski definition) is 1. The second kappa shape index (κ2) is 2.01. The molecule has 0 fully saturated rings. The van der Waals surface area contributed by atoms with Gasteiger partial charge in [0.1, 0.15) is 4.92 Å². The van der Waals surface area contributed by atoms with Crippen LogP contribution < -0.4 is 0 Å². The fourth-order valence-electron chi connectivity index (χ4n) is 0.0781. The minimum atomic E-state index is -2.05. The first-order valence-corrected chi connectivity index (χ1v) is 1.47. The van der Waals surface area contributed by atoms with Crippen molar-refractivity contribution in [2.24, 2.45) is 0 Å². The van der Waals surface area contributed by atoms with Crippen LogP contribution >= 0.6 is 0 Å². The molecule has 0 bridgehead atoms. The van der Waals surface area contributed by atoms with Crippen molar-refractivity contribution in [3.05, 3.63) is 10.1 Å². The zero-order valence-corrected chi connectivity index (χ0v) is 3.53. The largest absolute Gasteiger partial charge is 0.554 e. The molecule has 0 aliphatic carbocycles. The molecule has 0 heterocycles. The molecule has 1 N–H and O–H groups in total. The molecule has 8 heavy (non-hydrogen) atoms. The lowest BCUT2D eigenvalue weighted by Crippen LogP contribution is -2.21. The van der Waals surface area contributed by atoms with Crippen LogP contribution in [0.15, 0.2) is 0 Å². The van der Waals surface area contributed by atoms with Gasteiger partial charge in [-0.2, -0.15) is 0 Å². The van der Waals surface area contributed by atoms with Crippen LogP contribution in [0.3, 0.4) is 0 Å². The van der Waals surface area contributed by atoms with E-state index in [1.165, 1.54) is 0 Å². The maximum atomic E-state index is 9.54. The van der Waals surface area contributed by atoms with Crippen molar-refractivity contribution in [3.63, 3.8) is 0 Å². The van der Waals surface area contributed by atoms with Gasteiger partial charge in [-0.05, 0) is 0 Å². The first-order valence-electron chi connectivity index (χ1n) is 1.47. The molecule has 0 aromatic rings. The van der Waals surface area contributed by atoms with E-state index in [9.17, 15) is 19.7 Å². The van der Waals surface area contributed by atoms with Crippen LogP contribution in [-0.2, 0) is 9.59 Å². The third kappa shape index (κ3) is 1.33. The summed E-state index contributed by atoms with van der Waals surface area (Å²) >= 11 is 0. The molecule has 0 saturated carbocycles. The summed E-state index contributed by atoms with van der Waals surface area (Å²) < 4.78 is 0. The van der Waals surface area contributed by atoms with Gasteiger partial charge in [-0.3, -0.25) is 10.1 Å². The maximum Gasteiger partial charge on any atom is 0.554 e. The van der Waals surface area contributed by atoms with Gasteiger partial charge in [0.2, 0.25) is 0 Å². The zero-order valence-electron chi connectivity index (χ0n) is 3.53. The first kappa shape index (κ1) is 6.54. The molecule has 0 atom stereocenters. The monoisotopic (exact) mass is 119 g/mol. The summed E-state index contributed by atoms with van der Waals surface area (Å²) in [5.41, 5.74) is 0. The van der Waals surface area contributed by atoms with Crippen molar-refractivity contribution >= 4 is 11.9 Å². The van der Waals surface area contributed by atoms with Crippen molar-refractivity contribution in [1.29, 1.82) is 0 Å². The molecule has 0 spiro atoms. The van der Waals surface area contributed by atoms with Gasteiger partial charge >= 0.3 is 11.9 Å². The van der Waals surface area contributed by atoms with Gasteiger partial charge in [0.05, 0.1) is 0 Å². The number of nitro groups is 1. The molecular formula is C2HNO5. The van der Waals surface area contributed by atoms with Crippen molar-refractivity contribution in [2.75, 3.05) is 0 Å². The Hall–Kier alpha value is -1.46. The van der Waals surface area contributed by atoms with Crippen LogP contribution in [-0.4, -0.2) is 21.9 Å². The Morgan fingerprint density at radius 2 is 1.88 bits per heavy atom. The highest BCUT2D eigenvalue weighted by Gasteiger charge is 2.24. The number of nitrogens with zero attached hydrogens (tertiary/aromatic N) is 1. The van der Waals surface area contributed by atoms with E-state index in [1.54, 1.807) is 0 Å². The average molecular weight is 119 g/mol. The van der Waals surface area contributed by atoms with E-state index < -0.39 is 16.8 Å². The maximum absolute atomic E-state index is 9.54. The highest BCUT2D eigenvalue weighted by atomic mass is 16.6. The smallest absolute Gasteiger partial charge is 0.470 e. The van der Waals surface area contributed by atoms with Crippen LogP contribution in [0.4, 0.5) is 0 Å². The fraction of sp³-hybridized carbons (Fsp3) is 0. The number of carbonyl (C=O) groups is 2. The van der Waals surface area contributed by atoms with Gasteiger partial charge in [0.25, 0.3) is 0 Å². The van der Waals surface area contributed by atoms with E-state index in [-0.39, 0.29) is 0 Å². The van der Waals surface area contributed by atoms with Crippen LogP contribution in [0.5, 0.6) is 0 Å². The summed E-state index contributed by atoms with van der Waals surface area (Å²) in [7, 11) is 0. The van der Waals surface area contributed by atoms with E-state index in [2.05, 4.69) is 0 Å². The summed E-state index contributed by atoms with van der Waals surface area (Å²) in [6.45, 7) is 0. The summed E-state index contributed by atoms with van der Waals surface area (Å²) in [6, 6.07) is 0. The second-order valence-electron chi connectivity index (χ2n) is 0.867. The number of hydrogen-bond acceptors (Lipinski definition) is 4. The Morgan fingerprint density at radius 1 is 1.50 bits per heavy atom. The van der Waals surface area contributed by atoms with E-state index in [0.29, 0.717) is 0 Å². The lowest BCUT2D eigenvalue weighted by molar-refractivity contribution is -0.397. The van der Waals surface area contributed by atoms with E-state index in [4.69, 9.17) is 5.11 Å². The van der Waals surface area contributed by atoms with Gasteiger partial charge in [0, 0.05) is 0 Å². The zero-order chi connectivity index (χ0) is 6.73. The molecule has 6 nitrogen and oxygen atoms in total. The molecule has 1 amide bonds. The normalized spacial score (nSPS) is 8.00. The number of amides is 1.